The van der Waals surface area contributed by atoms with E-state index in [1.807, 2.05) is 0 Å². The number of aliphatic hydroxyl groups excluding tert-OH is 2. The monoisotopic (exact) mass is 346 g/mol. The molecule has 2 N–H and O–H groups in total. The van der Waals surface area contributed by atoms with E-state index in [1.165, 1.54) is 44.6 Å². The molecule has 144 valence electrons. The summed E-state index contributed by atoms with van der Waals surface area (Å²) in [5.41, 5.74) is 0. The van der Waals surface area contributed by atoms with E-state index >= 15 is 0 Å². The highest BCUT2D eigenvalue weighted by molar-refractivity contribution is 5.81. The van der Waals surface area contributed by atoms with Crippen LogP contribution in [0.25, 0.3) is 0 Å². The smallest absolute Gasteiger partial charge is 0.330 e. The van der Waals surface area contributed by atoms with Gasteiger partial charge in [-0.25, -0.2) is 4.79 Å². The molecule has 5 heteroatoms. The van der Waals surface area contributed by atoms with Gasteiger partial charge in [0.05, 0.1) is 32.0 Å². The van der Waals surface area contributed by atoms with Crippen LogP contribution in [-0.4, -0.2) is 48.2 Å². The minimum Gasteiger partial charge on any atom is -0.463 e. The molecule has 2 unspecified atom stereocenters. The minimum atomic E-state index is -0.445. The lowest BCUT2D eigenvalue weighted by atomic mass is 10.1. The first kappa shape index (κ1) is 25.3. The first-order valence-corrected chi connectivity index (χ1v) is 9.17. The average molecular weight is 347 g/mol. The van der Waals surface area contributed by atoms with Crippen molar-refractivity contribution < 1.29 is 24.5 Å². The lowest BCUT2D eigenvalue weighted by Gasteiger charge is -2.10. The Hall–Kier alpha value is -0.910. The highest BCUT2D eigenvalue weighted by Crippen LogP contribution is 2.08. The summed E-state index contributed by atoms with van der Waals surface area (Å²) in [6, 6.07) is 0. The third-order valence-corrected chi connectivity index (χ3v) is 3.29. The summed E-state index contributed by atoms with van der Waals surface area (Å²) < 4.78 is 9.83. The predicted molar refractivity (Wildman–Crippen MR) is 97.9 cm³/mol. The minimum absolute atomic E-state index is 0.00667. The van der Waals surface area contributed by atoms with Crippen LogP contribution in [0.2, 0.25) is 0 Å². The molecule has 0 radical (unpaired) electrons. The van der Waals surface area contributed by atoms with Gasteiger partial charge >= 0.3 is 5.97 Å². The molecule has 0 aromatic rings. The number of aliphatic hydroxyl groups is 2. The lowest BCUT2D eigenvalue weighted by molar-refractivity contribution is -0.137. The van der Waals surface area contributed by atoms with Gasteiger partial charge in [-0.05, 0) is 20.3 Å². The molecule has 0 aliphatic rings. The largest absolute Gasteiger partial charge is 0.463 e. The zero-order valence-corrected chi connectivity index (χ0v) is 15.8. The van der Waals surface area contributed by atoms with E-state index in [4.69, 9.17) is 19.7 Å². The molecule has 0 aromatic carbocycles. The molecule has 0 saturated carbocycles. The Morgan fingerprint density at radius 2 is 1.62 bits per heavy atom. The summed E-state index contributed by atoms with van der Waals surface area (Å²) in [5.74, 6) is -0.307. The maximum absolute atomic E-state index is 10.7. The van der Waals surface area contributed by atoms with Crippen LogP contribution >= 0.6 is 0 Å². The molecule has 2 atom stereocenters. The summed E-state index contributed by atoms with van der Waals surface area (Å²) in [5, 5.41) is 17.1. The van der Waals surface area contributed by atoms with Crippen LogP contribution in [0, 0.1) is 0 Å². The van der Waals surface area contributed by atoms with E-state index in [2.05, 4.69) is 13.5 Å². The van der Waals surface area contributed by atoms with Crippen LogP contribution in [0.5, 0.6) is 0 Å². The van der Waals surface area contributed by atoms with Gasteiger partial charge in [0, 0.05) is 6.08 Å². The lowest BCUT2D eigenvalue weighted by Crippen LogP contribution is -2.19. The van der Waals surface area contributed by atoms with Crippen molar-refractivity contribution in [2.75, 3.05) is 19.8 Å². The quantitative estimate of drug-likeness (QED) is 0.285. The molecule has 0 bridgehead atoms. The first-order chi connectivity index (χ1) is 11.5. The number of carbonyl (C=O) groups is 1. The van der Waals surface area contributed by atoms with E-state index in [9.17, 15) is 4.79 Å². The first-order valence-electron chi connectivity index (χ1n) is 9.17. The molecular weight excluding hydrogens is 308 g/mol. The summed E-state index contributed by atoms with van der Waals surface area (Å²) in [6.45, 7) is 9.81. The van der Waals surface area contributed by atoms with Crippen molar-refractivity contribution in [2.45, 2.75) is 84.3 Å². The highest BCUT2D eigenvalue weighted by Gasteiger charge is 2.00. The van der Waals surface area contributed by atoms with Crippen LogP contribution in [0.3, 0.4) is 0 Å². The Balaban J connectivity index is 0. The third kappa shape index (κ3) is 23.4. The van der Waals surface area contributed by atoms with Gasteiger partial charge in [-0.15, -0.1) is 0 Å². The number of carbonyl (C=O) groups excluding carboxylic acids is 1. The second-order valence-corrected chi connectivity index (χ2v) is 6.02. The van der Waals surface area contributed by atoms with Crippen LogP contribution in [0.1, 0.15) is 72.1 Å². The Morgan fingerprint density at radius 3 is 2.08 bits per heavy atom. The molecule has 0 saturated heterocycles. The van der Waals surface area contributed by atoms with Gasteiger partial charge in [-0.3, -0.25) is 0 Å². The standard InChI is InChI=1S/C13H24O2.C6H14O3/c1-3-5-6-7-8-9-10-11-12-15-13(14)4-2;1-5(8)4-9-6(2)3-7/h4H,2-3,5-12H2,1H3;5-8H,3-4H2,1-2H3. The van der Waals surface area contributed by atoms with E-state index in [1.54, 1.807) is 13.8 Å². The second-order valence-electron chi connectivity index (χ2n) is 6.02. The van der Waals surface area contributed by atoms with Gasteiger partial charge in [-0.1, -0.05) is 58.4 Å². The van der Waals surface area contributed by atoms with Crippen molar-refractivity contribution >= 4 is 5.97 Å². The van der Waals surface area contributed by atoms with Crippen LogP contribution in [0.15, 0.2) is 12.7 Å². The Labute approximate surface area is 148 Å². The number of unbranched alkanes of at least 4 members (excludes halogenated alkanes) is 7. The zero-order valence-electron chi connectivity index (χ0n) is 15.8. The van der Waals surface area contributed by atoms with Crippen molar-refractivity contribution in [2.24, 2.45) is 0 Å². The molecule has 0 heterocycles. The zero-order chi connectivity index (χ0) is 18.6. The van der Waals surface area contributed by atoms with Crippen molar-refractivity contribution in [1.82, 2.24) is 0 Å². The maximum atomic E-state index is 10.7. The van der Waals surface area contributed by atoms with Gasteiger partial charge in [0.15, 0.2) is 0 Å². The van der Waals surface area contributed by atoms with Crippen molar-refractivity contribution in [3.05, 3.63) is 12.7 Å². The fraction of sp³-hybridized carbons (Fsp3) is 0.842. The van der Waals surface area contributed by atoms with Gasteiger partial charge < -0.3 is 19.7 Å². The maximum Gasteiger partial charge on any atom is 0.330 e. The molecule has 24 heavy (non-hydrogen) atoms. The normalized spacial score (nSPS) is 12.7. The summed E-state index contributed by atoms with van der Waals surface area (Å²) in [6.07, 6.45) is 10.7. The molecule has 0 aliphatic carbocycles. The number of rotatable bonds is 14. The third-order valence-electron chi connectivity index (χ3n) is 3.29. The Bertz CT molecular complexity index is 279. The predicted octanol–water partition coefficient (Wildman–Crippen LogP) is 3.62. The summed E-state index contributed by atoms with van der Waals surface area (Å²) in [7, 11) is 0. The van der Waals surface area contributed by atoms with Gasteiger partial charge in [0.2, 0.25) is 0 Å². The van der Waals surface area contributed by atoms with Gasteiger partial charge in [0.25, 0.3) is 0 Å². The summed E-state index contributed by atoms with van der Waals surface area (Å²) in [4.78, 5) is 10.7. The summed E-state index contributed by atoms with van der Waals surface area (Å²) >= 11 is 0. The van der Waals surface area contributed by atoms with E-state index in [0.717, 1.165) is 12.8 Å². The van der Waals surface area contributed by atoms with Crippen LogP contribution < -0.4 is 0 Å². The van der Waals surface area contributed by atoms with Crippen molar-refractivity contribution in [1.29, 1.82) is 0 Å². The van der Waals surface area contributed by atoms with Crippen LogP contribution in [0.4, 0.5) is 0 Å². The molecule has 0 aliphatic heterocycles. The Kier molecular flexibility index (Phi) is 21.3. The molecule has 0 rings (SSSR count). The molecule has 5 nitrogen and oxygen atoms in total. The van der Waals surface area contributed by atoms with Crippen molar-refractivity contribution in [3.8, 4) is 0 Å². The number of hydrogen-bond donors (Lipinski definition) is 2. The highest BCUT2D eigenvalue weighted by atomic mass is 16.5. The van der Waals surface area contributed by atoms with Gasteiger partial charge in [-0.2, -0.15) is 0 Å². The van der Waals surface area contributed by atoms with Crippen molar-refractivity contribution in [3.63, 3.8) is 0 Å². The molecule has 0 fully saturated rings. The van der Waals surface area contributed by atoms with E-state index in [0.29, 0.717) is 13.2 Å². The second kappa shape index (κ2) is 20.1. The number of ether oxygens (including phenoxy) is 2. The Morgan fingerprint density at radius 1 is 1.08 bits per heavy atom. The fourth-order valence-electron chi connectivity index (χ4n) is 1.82. The molecule has 0 spiro atoms. The SMILES string of the molecule is C=CC(=O)OCCCCCCCCCC.CC(O)COC(C)CO. The fourth-order valence-corrected chi connectivity index (χ4v) is 1.82. The van der Waals surface area contributed by atoms with E-state index < -0.39 is 6.10 Å². The molecule has 0 amide bonds. The average Bonchev–Trinajstić information content (AvgIpc) is 2.58. The van der Waals surface area contributed by atoms with Gasteiger partial charge in [0.1, 0.15) is 0 Å². The number of hydrogen-bond acceptors (Lipinski definition) is 5. The molecule has 0 aromatic heterocycles. The molecular formula is C19H38O5. The van der Waals surface area contributed by atoms with Crippen LogP contribution in [-0.2, 0) is 14.3 Å². The number of esters is 1. The topological polar surface area (TPSA) is 76.0 Å². The van der Waals surface area contributed by atoms with E-state index in [-0.39, 0.29) is 18.7 Å².